The first-order chi connectivity index (χ1) is 10.6. The molecule has 0 radical (unpaired) electrons. The number of hydrogen-bond donors (Lipinski definition) is 1. The molecule has 0 bridgehead atoms. The number of carboxylic acids is 1. The Balaban J connectivity index is 1.97. The van der Waals surface area contributed by atoms with E-state index >= 15 is 0 Å². The SMILES string of the molecule is O=C(O)/C=C/C1C=CC=CC1OC(=O)/C=C/c1ccccc1. The summed E-state index contributed by atoms with van der Waals surface area (Å²) < 4.78 is 5.35. The zero-order chi connectivity index (χ0) is 15.8. The van der Waals surface area contributed by atoms with Crippen molar-refractivity contribution >= 4 is 18.0 Å². The fourth-order valence-electron chi connectivity index (χ4n) is 1.99. The maximum Gasteiger partial charge on any atom is 0.331 e. The summed E-state index contributed by atoms with van der Waals surface area (Å²) >= 11 is 0. The van der Waals surface area contributed by atoms with Crippen LogP contribution in [0.15, 0.2) is 72.9 Å². The van der Waals surface area contributed by atoms with Crippen LogP contribution in [-0.4, -0.2) is 23.1 Å². The molecule has 2 unspecified atom stereocenters. The van der Waals surface area contributed by atoms with Crippen molar-refractivity contribution < 1.29 is 19.4 Å². The molecule has 4 nitrogen and oxygen atoms in total. The minimum absolute atomic E-state index is 0.282. The largest absolute Gasteiger partial charge is 0.478 e. The van der Waals surface area contributed by atoms with Crippen LogP contribution in [0, 0.1) is 5.92 Å². The highest BCUT2D eigenvalue weighted by Crippen LogP contribution is 2.18. The van der Waals surface area contributed by atoms with Crippen LogP contribution < -0.4 is 0 Å². The van der Waals surface area contributed by atoms with Gasteiger partial charge in [-0.2, -0.15) is 0 Å². The van der Waals surface area contributed by atoms with Crippen molar-refractivity contribution in [1.29, 1.82) is 0 Å². The van der Waals surface area contributed by atoms with Crippen molar-refractivity contribution in [3.8, 4) is 0 Å². The molecule has 0 aliphatic heterocycles. The molecule has 112 valence electrons. The first-order valence-electron chi connectivity index (χ1n) is 6.85. The molecule has 1 aromatic rings. The quantitative estimate of drug-likeness (QED) is 0.670. The molecule has 4 heteroatoms. The minimum Gasteiger partial charge on any atom is -0.478 e. The van der Waals surface area contributed by atoms with Gasteiger partial charge in [0.15, 0.2) is 0 Å². The predicted molar refractivity (Wildman–Crippen MR) is 83.9 cm³/mol. The molecule has 1 aliphatic rings. The number of esters is 1. The molecule has 0 aromatic heterocycles. The summed E-state index contributed by atoms with van der Waals surface area (Å²) in [6, 6.07) is 9.42. The number of aliphatic carboxylic acids is 1. The lowest BCUT2D eigenvalue weighted by atomic mass is 9.97. The second-order valence-corrected chi connectivity index (χ2v) is 4.69. The number of rotatable bonds is 5. The molecule has 0 spiro atoms. The molecular formula is C18H16O4. The van der Waals surface area contributed by atoms with Crippen molar-refractivity contribution in [1.82, 2.24) is 0 Å². The van der Waals surface area contributed by atoms with Gasteiger partial charge in [0, 0.05) is 18.1 Å². The van der Waals surface area contributed by atoms with E-state index in [9.17, 15) is 9.59 Å². The third-order valence-corrected chi connectivity index (χ3v) is 3.05. The van der Waals surface area contributed by atoms with E-state index in [0.717, 1.165) is 11.6 Å². The third-order valence-electron chi connectivity index (χ3n) is 3.05. The van der Waals surface area contributed by atoms with Crippen LogP contribution in [0.4, 0.5) is 0 Å². The lowest BCUT2D eigenvalue weighted by molar-refractivity contribution is -0.141. The van der Waals surface area contributed by atoms with Crippen LogP contribution in [0.5, 0.6) is 0 Å². The topological polar surface area (TPSA) is 63.6 Å². The van der Waals surface area contributed by atoms with Crippen LogP contribution in [0.2, 0.25) is 0 Å². The van der Waals surface area contributed by atoms with E-state index in [2.05, 4.69) is 0 Å². The molecule has 0 saturated carbocycles. The van der Waals surface area contributed by atoms with Gasteiger partial charge < -0.3 is 9.84 Å². The first kappa shape index (κ1) is 15.5. The number of hydrogen-bond acceptors (Lipinski definition) is 3. The van der Waals surface area contributed by atoms with E-state index in [4.69, 9.17) is 9.84 Å². The van der Waals surface area contributed by atoms with E-state index in [1.54, 1.807) is 30.4 Å². The van der Waals surface area contributed by atoms with E-state index in [-0.39, 0.29) is 5.92 Å². The summed E-state index contributed by atoms with van der Waals surface area (Å²) in [7, 11) is 0. The third kappa shape index (κ3) is 4.90. The number of carboxylic acid groups (broad SMARTS) is 1. The summed E-state index contributed by atoms with van der Waals surface area (Å²) in [5.41, 5.74) is 0.904. The highest BCUT2D eigenvalue weighted by molar-refractivity contribution is 5.87. The Labute approximate surface area is 128 Å². The molecule has 0 saturated heterocycles. The van der Waals surface area contributed by atoms with Crippen molar-refractivity contribution in [3.05, 3.63) is 78.4 Å². The van der Waals surface area contributed by atoms with Gasteiger partial charge in [0.25, 0.3) is 0 Å². The predicted octanol–water partition coefficient (Wildman–Crippen LogP) is 2.99. The minimum atomic E-state index is -1.03. The van der Waals surface area contributed by atoms with Gasteiger partial charge in [0.1, 0.15) is 6.10 Å². The van der Waals surface area contributed by atoms with E-state index < -0.39 is 18.0 Å². The van der Waals surface area contributed by atoms with E-state index in [0.29, 0.717) is 0 Å². The van der Waals surface area contributed by atoms with Crippen molar-refractivity contribution in [3.63, 3.8) is 0 Å². The summed E-state index contributed by atoms with van der Waals surface area (Å²) in [4.78, 5) is 22.4. The second-order valence-electron chi connectivity index (χ2n) is 4.69. The number of allylic oxidation sites excluding steroid dienone is 2. The Kier molecular flexibility index (Phi) is 5.49. The van der Waals surface area contributed by atoms with Gasteiger partial charge in [-0.25, -0.2) is 9.59 Å². The zero-order valence-corrected chi connectivity index (χ0v) is 11.8. The van der Waals surface area contributed by atoms with Gasteiger partial charge in [-0.05, 0) is 17.7 Å². The van der Waals surface area contributed by atoms with Crippen molar-refractivity contribution in [2.24, 2.45) is 5.92 Å². The number of carbonyl (C=O) groups excluding carboxylic acids is 1. The Morgan fingerprint density at radius 2 is 1.77 bits per heavy atom. The molecule has 2 atom stereocenters. The second kappa shape index (κ2) is 7.78. The normalized spacial score (nSPS) is 20.5. The maximum atomic E-state index is 11.9. The lowest BCUT2D eigenvalue weighted by Crippen LogP contribution is -2.23. The van der Waals surface area contributed by atoms with Crippen LogP contribution in [0.25, 0.3) is 6.08 Å². The Bertz CT molecular complexity index is 638. The van der Waals surface area contributed by atoms with Gasteiger partial charge in [-0.1, -0.05) is 54.6 Å². The van der Waals surface area contributed by atoms with Crippen LogP contribution in [0.3, 0.4) is 0 Å². The summed E-state index contributed by atoms with van der Waals surface area (Å²) in [5, 5.41) is 8.67. The molecule has 0 heterocycles. The fourth-order valence-corrected chi connectivity index (χ4v) is 1.99. The molecule has 0 fully saturated rings. The first-order valence-corrected chi connectivity index (χ1v) is 6.85. The lowest BCUT2D eigenvalue weighted by Gasteiger charge is -2.20. The summed E-state index contributed by atoms with van der Waals surface area (Å²) in [5.74, 6) is -1.78. The number of benzene rings is 1. The monoisotopic (exact) mass is 296 g/mol. The van der Waals surface area contributed by atoms with Crippen molar-refractivity contribution in [2.75, 3.05) is 0 Å². The molecule has 2 rings (SSSR count). The molecule has 22 heavy (non-hydrogen) atoms. The zero-order valence-electron chi connectivity index (χ0n) is 11.8. The Hall–Kier alpha value is -2.88. The molecule has 1 aliphatic carbocycles. The van der Waals surface area contributed by atoms with Crippen LogP contribution in [-0.2, 0) is 14.3 Å². The summed E-state index contributed by atoms with van der Waals surface area (Å²) in [6.45, 7) is 0. The maximum absolute atomic E-state index is 11.9. The highest BCUT2D eigenvalue weighted by atomic mass is 16.5. The molecular weight excluding hydrogens is 280 g/mol. The van der Waals surface area contributed by atoms with Crippen LogP contribution in [0.1, 0.15) is 5.56 Å². The Morgan fingerprint density at radius 1 is 1.05 bits per heavy atom. The summed E-state index contributed by atoms with van der Waals surface area (Å²) in [6.07, 6.45) is 12.2. The molecule has 1 aromatic carbocycles. The average molecular weight is 296 g/mol. The molecule has 1 N–H and O–H groups in total. The fraction of sp³-hybridized carbons (Fsp3) is 0.111. The van der Waals surface area contributed by atoms with Gasteiger partial charge in [-0.3, -0.25) is 0 Å². The van der Waals surface area contributed by atoms with Gasteiger partial charge in [-0.15, -0.1) is 0 Å². The molecule has 0 amide bonds. The average Bonchev–Trinajstić information content (AvgIpc) is 2.53. The number of carbonyl (C=O) groups is 2. The van der Waals surface area contributed by atoms with Gasteiger partial charge >= 0.3 is 11.9 Å². The number of ether oxygens (including phenoxy) is 1. The standard InChI is InChI=1S/C18H16O4/c19-17(20)12-11-15-8-4-5-9-16(15)22-18(21)13-10-14-6-2-1-3-7-14/h1-13,15-16H,(H,19,20)/b12-11+,13-10+. The van der Waals surface area contributed by atoms with E-state index in [1.807, 2.05) is 30.3 Å². The highest BCUT2D eigenvalue weighted by Gasteiger charge is 2.19. The van der Waals surface area contributed by atoms with Gasteiger partial charge in [0.2, 0.25) is 0 Å². The Morgan fingerprint density at radius 3 is 2.50 bits per heavy atom. The van der Waals surface area contributed by atoms with Crippen molar-refractivity contribution in [2.45, 2.75) is 6.10 Å². The van der Waals surface area contributed by atoms with E-state index in [1.165, 1.54) is 12.2 Å². The smallest absolute Gasteiger partial charge is 0.331 e. The van der Waals surface area contributed by atoms with Gasteiger partial charge in [0.05, 0.1) is 0 Å². The van der Waals surface area contributed by atoms with Crippen LogP contribution >= 0.6 is 0 Å².